The molecule has 3 rings (SSSR count). The van der Waals surface area contributed by atoms with Crippen molar-refractivity contribution in [1.82, 2.24) is 15.1 Å². The number of fused-ring (bicyclic) bond motifs is 1. The minimum absolute atomic E-state index is 0.0963. The number of amides is 1. The maximum Gasteiger partial charge on any atom is 0.228 e. The van der Waals surface area contributed by atoms with E-state index in [0.717, 1.165) is 41.9 Å². The molecule has 1 N–H and O–H groups in total. The second-order valence-corrected chi connectivity index (χ2v) is 7.29. The highest BCUT2D eigenvalue weighted by atomic mass is 16.1. The zero-order valence-electron chi connectivity index (χ0n) is 15.9. The molecule has 1 saturated heterocycles. The molecule has 2 aromatic rings. The predicted octanol–water partition coefficient (Wildman–Crippen LogP) is 2.62. The van der Waals surface area contributed by atoms with Gasteiger partial charge in [0, 0.05) is 44.7 Å². The van der Waals surface area contributed by atoms with Gasteiger partial charge in [0.15, 0.2) is 0 Å². The molecule has 6 nitrogen and oxygen atoms in total. The average Bonchev–Trinajstić information content (AvgIpc) is 2.98. The maximum atomic E-state index is 12.3. The van der Waals surface area contributed by atoms with Crippen molar-refractivity contribution < 1.29 is 9.59 Å². The Morgan fingerprint density at radius 3 is 2.77 bits per heavy atom. The molecule has 0 bridgehead atoms. The van der Waals surface area contributed by atoms with Crippen molar-refractivity contribution in [3.05, 3.63) is 23.9 Å². The van der Waals surface area contributed by atoms with Crippen LogP contribution in [-0.4, -0.2) is 42.1 Å². The molecule has 1 amide bonds. The second kappa shape index (κ2) is 7.89. The molecule has 2 heterocycles. The van der Waals surface area contributed by atoms with Crippen molar-refractivity contribution in [3.63, 3.8) is 0 Å². The Morgan fingerprint density at radius 2 is 2.12 bits per heavy atom. The Hall–Kier alpha value is -2.37. The Morgan fingerprint density at radius 1 is 1.38 bits per heavy atom. The van der Waals surface area contributed by atoms with Gasteiger partial charge in [0.25, 0.3) is 0 Å². The lowest BCUT2D eigenvalue weighted by molar-refractivity contribution is -0.122. The molecule has 1 atom stereocenters. The van der Waals surface area contributed by atoms with Gasteiger partial charge in [0.05, 0.1) is 17.1 Å². The summed E-state index contributed by atoms with van der Waals surface area (Å²) in [6.07, 6.45) is 4.12. The number of aromatic nitrogens is 2. The molecule has 1 aliphatic heterocycles. The normalized spacial score (nSPS) is 16.7. The van der Waals surface area contributed by atoms with Gasteiger partial charge in [-0.05, 0) is 43.4 Å². The Labute approximate surface area is 154 Å². The number of piperidine rings is 1. The molecule has 1 aliphatic rings. The van der Waals surface area contributed by atoms with E-state index in [4.69, 9.17) is 0 Å². The van der Waals surface area contributed by atoms with Crippen LogP contribution in [0.5, 0.6) is 0 Å². The monoisotopic (exact) mass is 356 g/mol. The van der Waals surface area contributed by atoms with Gasteiger partial charge in [-0.1, -0.05) is 6.92 Å². The van der Waals surface area contributed by atoms with Crippen LogP contribution < -0.4 is 10.2 Å². The van der Waals surface area contributed by atoms with Crippen molar-refractivity contribution >= 4 is 28.8 Å². The van der Waals surface area contributed by atoms with Crippen LogP contribution in [-0.2, 0) is 16.6 Å². The number of carbonyl (C=O) groups is 2. The van der Waals surface area contributed by atoms with Gasteiger partial charge in [-0.15, -0.1) is 0 Å². The number of nitrogens with one attached hydrogen (secondary N) is 1. The largest absolute Gasteiger partial charge is 0.371 e. The first-order chi connectivity index (χ1) is 12.5. The third-order valence-corrected chi connectivity index (χ3v) is 5.48. The summed E-state index contributed by atoms with van der Waals surface area (Å²) in [5.41, 5.74) is 2.99. The maximum absolute atomic E-state index is 12.3. The standard InChI is InChI=1S/C20H28N4O2/c1-14-8-10-24(11-9-14)15-6-7-16-18(13-15)23(3)22-19(16)17(5-4-12-25)20(26)21-2/h6-7,12-14,17H,4-5,8-11H2,1-3H3,(H,21,26). The first-order valence-corrected chi connectivity index (χ1v) is 9.42. The van der Waals surface area contributed by atoms with Gasteiger partial charge < -0.3 is 15.0 Å². The molecule has 0 aliphatic carbocycles. The van der Waals surface area contributed by atoms with E-state index in [1.165, 1.54) is 18.5 Å². The molecule has 140 valence electrons. The number of benzene rings is 1. The number of carbonyl (C=O) groups excluding carboxylic acids is 2. The van der Waals surface area contributed by atoms with Gasteiger partial charge in [0.1, 0.15) is 6.29 Å². The van der Waals surface area contributed by atoms with E-state index < -0.39 is 5.92 Å². The van der Waals surface area contributed by atoms with Crippen LogP contribution in [0.3, 0.4) is 0 Å². The molecule has 1 aromatic carbocycles. The molecule has 1 aromatic heterocycles. The molecule has 1 fully saturated rings. The van der Waals surface area contributed by atoms with Crippen molar-refractivity contribution in [2.24, 2.45) is 13.0 Å². The van der Waals surface area contributed by atoms with Gasteiger partial charge in [-0.25, -0.2) is 0 Å². The van der Waals surface area contributed by atoms with Crippen LogP contribution in [0.25, 0.3) is 10.9 Å². The highest BCUT2D eigenvalue weighted by Crippen LogP contribution is 2.32. The zero-order chi connectivity index (χ0) is 18.7. The van der Waals surface area contributed by atoms with E-state index in [0.29, 0.717) is 12.8 Å². The molecule has 0 spiro atoms. The Kier molecular flexibility index (Phi) is 5.59. The number of rotatable bonds is 6. The summed E-state index contributed by atoms with van der Waals surface area (Å²) in [5, 5.41) is 8.32. The van der Waals surface area contributed by atoms with Crippen LogP contribution in [0.4, 0.5) is 5.69 Å². The molecule has 6 heteroatoms. The third kappa shape index (κ3) is 3.59. The molecule has 0 radical (unpaired) electrons. The summed E-state index contributed by atoms with van der Waals surface area (Å²) in [7, 11) is 3.53. The quantitative estimate of drug-likeness (QED) is 0.808. The molecular formula is C20H28N4O2. The summed E-state index contributed by atoms with van der Waals surface area (Å²) in [6, 6.07) is 6.37. The smallest absolute Gasteiger partial charge is 0.228 e. The highest BCUT2D eigenvalue weighted by Gasteiger charge is 2.25. The number of nitrogens with zero attached hydrogens (tertiary/aromatic N) is 3. The third-order valence-electron chi connectivity index (χ3n) is 5.48. The minimum Gasteiger partial charge on any atom is -0.371 e. The SMILES string of the molecule is CNC(=O)C(CCC=O)c1nn(C)c2cc(N3CCC(C)CC3)ccc12. The number of likely N-dealkylation sites (N-methyl/N-ethyl adjacent to an activating group) is 1. The number of anilines is 1. The van der Waals surface area contributed by atoms with Crippen LogP contribution in [0.1, 0.15) is 44.2 Å². The molecular weight excluding hydrogens is 328 g/mol. The van der Waals surface area contributed by atoms with Gasteiger partial charge in [-0.3, -0.25) is 9.48 Å². The number of hydrogen-bond acceptors (Lipinski definition) is 4. The summed E-state index contributed by atoms with van der Waals surface area (Å²) < 4.78 is 1.84. The van der Waals surface area contributed by atoms with E-state index in [-0.39, 0.29) is 5.91 Å². The van der Waals surface area contributed by atoms with Crippen LogP contribution in [0.2, 0.25) is 0 Å². The van der Waals surface area contributed by atoms with E-state index >= 15 is 0 Å². The fourth-order valence-corrected chi connectivity index (χ4v) is 3.80. The molecule has 26 heavy (non-hydrogen) atoms. The summed E-state index contributed by atoms with van der Waals surface area (Å²) in [4.78, 5) is 25.6. The molecule has 0 saturated carbocycles. The van der Waals surface area contributed by atoms with Crippen LogP contribution in [0, 0.1) is 5.92 Å². The van der Waals surface area contributed by atoms with Crippen LogP contribution >= 0.6 is 0 Å². The number of hydrogen-bond donors (Lipinski definition) is 1. The van der Waals surface area contributed by atoms with E-state index in [1.54, 1.807) is 7.05 Å². The lowest BCUT2D eigenvalue weighted by Gasteiger charge is -2.32. The average molecular weight is 356 g/mol. The van der Waals surface area contributed by atoms with Crippen molar-refractivity contribution in [1.29, 1.82) is 0 Å². The Balaban J connectivity index is 1.95. The zero-order valence-corrected chi connectivity index (χ0v) is 15.9. The second-order valence-electron chi connectivity index (χ2n) is 7.29. The van der Waals surface area contributed by atoms with Gasteiger partial charge in [-0.2, -0.15) is 5.10 Å². The lowest BCUT2D eigenvalue weighted by Crippen LogP contribution is -2.32. The minimum atomic E-state index is -0.407. The van der Waals surface area contributed by atoms with E-state index in [2.05, 4.69) is 40.4 Å². The van der Waals surface area contributed by atoms with E-state index in [1.807, 2.05) is 11.7 Å². The fraction of sp³-hybridized carbons (Fsp3) is 0.550. The van der Waals surface area contributed by atoms with Crippen molar-refractivity contribution in [3.8, 4) is 0 Å². The fourth-order valence-electron chi connectivity index (χ4n) is 3.80. The highest BCUT2D eigenvalue weighted by molar-refractivity contribution is 5.92. The van der Waals surface area contributed by atoms with Crippen molar-refractivity contribution in [2.75, 3.05) is 25.0 Å². The van der Waals surface area contributed by atoms with E-state index in [9.17, 15) is 9.59 Å². The summed E-state index contributed by atoms with van der Waals surface area (Å²) >= 11 is 0. The van der Waals surface area contributed by atoms with Crippen molar-refractivity contribution in [2.45, 2.75) is 38.5 Å². The lowest BCUT2D eigenvalue weighted by atomic mass is 9.95. The predicted molar refractivity (Wildman–Crippen MR) is 103 cm³/mol. The Bertz CT molecular complexity index is 790. The van der Waals surface area contributed by atoms with Gasteiger partial charge >= 0.3 is 0 Å². The first kappa shape index (κ1) is 18.4. The summed E-state index contributed by atoms with van der Waals surface area (Å²) in [5.74, 6) is 0.293. The molecule has 1 unspecified atom stereocenters. The number of aldehydes is 1. The summed E-state index contributed by atoms with van der Waals surface area (Å²) in [6.45, 7) is 4.47. The first-order valence-electron chi connectivity index (χ1n) is 9.42. The van der Waals surface area contributed by atoms with Gasteiger partial charge in [0.2, 0.25) is 5.91 Å². The topological polar surface area (TPSA) is 67.2 Å². The number of aryl methyl sites for hydroxylation is 1. The van der Waals surface area contributed by atoms with Crippen LogP contribution in [0.15, 0.2) is 18.2 Å².